The summed E-state index contributed by atoms with van der Waals surface area (Å²) >= 11 is 14.8. The summed E-state index contributed by atoms with van der Waals surface area (Å²) in [5.74, 6) is 0.602. The molecule has 31 heavy (non-hydrogen) atoms. The number of hydrogen-bond donors (Lipinski definition) is 2. The molecule has 0 radical (unpaired) electrons. The average Bonchev–Trinajstić information content (AvgIpc) is 3.17. The number of thioether (sulfide) groups is 1. The van der Waals surface area contributed by atoms with Crippen molar-refractivity contribution in [3.05, 3.63) is 75.3 Å². The van der Waals surface area contributed by atoms with Gasteiger partial charge in [0.1, 0.15) is 5.52 Å². The van der Waals surface area contributed by atoms with Crippen molar-refractivity contribution in [2.45, 2.75) is 4.90 Å². The second-order valence-electron chi connectivity index (χ2n) is 6.45. The molecule has 0 atom stereocenters. The Morgan fingerprint density at radius 2 is 1.84 bits per heavy atom. The Hall–Kier alpha value is -2.14. The molecule has 0 spiro atoms. The first-order valence-corrected chi connectivity index (χ1v) is 12.0. The largest absolute Gasteiger partial charge is 0.436 e. The molecule has 0 aliphatic carbocycles. The van der Waals surface area contributed by atoms with E-state index >= 15 is 0 Å². The first kappa shape index (κ1) is 22.1. The van der Waals surface area contributed by atoms with Crippen LogP contribution in [0.4, 0.5) is 5.69 Å². The molecule has 5 nitrogen and oxygen atoms in total. The van der Waals surface area contributed by atoms with Crippen LogP contribution in [0, 0.1) is 3.57 Å². The van der Waals surface area contributed by atoms with Crippen molar-refractivity contribution in [3.63, 3.8) is 0 Å². The summed E-state index contributed by atoms with van der Waals surface area (Å²) in [6.45, 7) is 0. The molecule has 9 heteroatoms. The topological polar surface area (TPSA) is 67.2 Å². The standard InChI is InChI=1S/C22H15ClIN3O2S2/c23-14-3-8-17(9-4-14)31-12-20(28)27-22(30)25-16-7-10-19-18(11-16)26-21(29-19)13-1-5-15(24)6-2-13/h1-11H,12H2,(H2,25,27,28,30). The second kappa shape index (κ2) is 9.99. The Bertz CT molecular complexity index is 1240. The highest BCUT2D eigenvalue weighted by Crippen LogP contribution is 2.26. The quantitative estimate of drug-likeness (QED) is 0.163. The van der Waals surface area contributed by atoms with Crippen molar-refractivity contribution in [1.29, 1.82) is 0 Å². The first-order valence-electron chi connectivity index (χ1n) is 9.12. The predicted octanol–water partition coefficient (Wildman–Crippen LogP) is 6.36. The van der Waals surface area contributed by atoms with Gasteiger partial charge < -0.3 is 15.1 Å². The highest BCUT2D eigenvalue weighted by atomic mass is 127. The highest BCUT2D eigenvalue weighted by molar-refractivity contribution is 14.1. The van der Waals surface area contributed by atoms with E-state index in [4.69, 9.17) is 28.2 Å². The van der Waals surface area contributed by atoms with Crippen LogP contribution in [0.15, 0.2) is 76.0 Å². The lowest BCUT2D eigenvalue weighted by Crippen LogP contribution is -2.35. The summed E-state index contributed by atoms with van der Waals surface area (Å²) in [7, 11) is 0. The molecule has 0 fully saturated rings. The molecule has 0 saturated heterocycles. The Morgan fingerprint density at radius 3 is 2.58 bits per heavy atom. The molecule has 4 rings (SSSR count). The molecule has 3 aromatic carbocycles. The van der Waals surface area contributed by atoms with E-state index in [2.05, 4.69) is 38.2 Å². The van der Waals surface area contributed by atoms with Crippen LogP contribution in [0.1, 0.15) is 0 Å². The Kier molecular flexibility index (Phi) is 7.11. The molecule has 0 saturated carbocycles. The maximum atomic E-state index is 12.2. The number of carbonyl (C=O) groups is 1. The minimum Gasteiger partial charge on any atom is -0.436 e. The molecule has 0 unspecified atom stereocenters. The number of thiocarbonyl (C=S) groups is 1. The monoisotopic (exact) mass is 579 g/mol. The van der Waals surface area contributed by atoms with Crippen LogP contribution in [-0.4, -0.2) is 21.8 Å². The minimum absolute atomic E-state index is 0.194. The third-order valence-corrected chi connectivity index (χ3v) is 6.36. The van der Waals surface area contributed by atoms with Crippen molar-refractivity contribution in [1.82, 2.24) is 10.3 Å². The second-order valence-corrected chi connectivity index (χ2v) is 9.59. The number of aromatic nitrogens is 1. The van der Waals surface area contributed by atoms with Crippen LogP contribution in [-0.2, 0) is 4.79 Å². The maximum Gasteiger partial charge on any atom is 0.236 e. The van der Waals surface area contributed by atoms with Gasteiger partial charge in [0.2, 0.25) is 11.8 Å². The lowest BCUT2D eigenvalue weighted by molar-refractivity contribution is -0.117. The fourth-order valence-electron chi connectivity index (χ4n) is 2.73. The van der Waals surface area contributed by atoms with Gasteiger partial charge in [-0.2, -0.15) is 0 Å². The molecular weight excluding hydrogens is 565 g/mol. The summed E-state index contributed by atoms with van der Waals surface area (Å²) in [6.07, 6.45) is 0. The zero-order valence-corrected chi connectivity index (χ0v) is 20.4. The van der Waals surface area contributed by atoms with E-state index in [1.165, 1.54) is 11.8 Å². The van der Waals surface area contributed by atoms with Crippen LogP contribution >= 0.6 is 58.2 Å². The van der Waals surface area contributed by atoms with Gasteiger partial charge in [0, 0.05) is 24.7 Å². The van der Waals surface area contributed by atoms with E-state index < -0.39 is 0 Å². The van der Waals surface area contributed by atoms with Gasteiger partial charge in [-0.3, -0.25) is 4.79 Å². The lowest BCUT2D eigenvalue weighted by atomic mass is 10.2. The summed E-state index contributed by atoms with van der Waals surface area (Å²) < 4.78 is 6.99. The SMILES string of the molecule is O=C(CSc1ccc(Cl)cc1)NC(=S)Nc1ccc2oc(-c3ccc(I)cc3)nc2c1. The number of amides is 1. The minimum atomic E-state index is -0.194. The predicted molar refractivity (Wildman–Crippen MR) is 139 cm³/mol. The van der Waals surface area contributed by atoms with Crippen molar-refractivity contribution in [2.24, 2.45) is 0 Å². The van der Waals surface area contributed by atoms with Gasteiger partial charge >= 0.3 is 0 Å². The number of hydrogen-bond acceptors (Lipinski definition) is 5. The Balaban J connectivity index is 1.36. The number of carbonyl (C=O) groups excluding carboxylic acids is 1. The summed E-state index contributed by atoms with van der Waals surface area (Å²) in [4.78, 5) is 17.7. The van der Waals surface area contributed by atoms with Gasteiger partial charge in [0.15, 0.2) is 10.7 Å². The molecule has 1 heterocycles. The van der Waals surface area contributed by atoms with Gasteiger partial charge in [0.05, 0.1) is 5.75 Å². The first-order chi connectivity index (χ1) is 15.0. The smallest absolute Gasteiger partial charge is 0.236 e. The number of nitrogens with one attached hydrogen (secondary N) is 2. The van der Waals surface area contributed by atoms with Crippen LogP contribution in [0.5, 0.6) is 0 Å². The molecule has 0 aliphatic rings. The Labute approximate surface area is 207 Å². The van der Waals surface area contributed by atoms with Crippen LogP contribution < -0.4 is 10.6 Å². The number of fused-ring (bicyclic) bond motifs is 1. The van der Waals surface area contributed by atoms with Crippen molar-refractivity contribution in [3.8, 4) is 11.5 Å². The number of nitrogens with zero attached hydrogens (tertiary/aromatic N) is 1. The molecule has 0 aliphatic heterocycles. The number of oxazole rings is 1. The molecule has 156 valence electrons. The normalized spacial score (nSPS) is 10.8. The zero-order chi connectivity index (χ0) is 21.8. The van der Waals surface area contributed by atoms with Gasteiger partial charge in [-0.25, -0.2) is 4.98 Å². The number of halogens is 2. The zero-order valence-electron chi connectivity index (χ0n) is 15.9. The van der Waals surface area contributed by atoms with Crippen molar-refractivity contribution >= 4 is 86.0 Å². The van der Waals surface area contributed by atoms with E-state index in [9.17, 15) is 4.79 Å². The van der Waals surface area contributed by atoms with Crippen LogP contribution in [0.25, 0.3) is 22.6 Å². The summed E-state index contributed by atoms with van der Waals surface area (Å²) in [5, 5.41) is 6.59. The van der Waals surface area contributed by atoms with Gasteiger partial charge in [-0.1, -0.05) is 11.6 Å². The number of benzene rings is 3. The third-order valence-electron chi connectivity index (χ3n) is 4.17. The molecule has 2 N–H and O–H groups in total. The summed E-state index contributed by atoms with van der Waals surface area (Å²) in [6, 6.07) is 20.7. The molecule has 0 bridgehead atoms. The van der Waals surface area contributed by atoms with E-state index in [-0.39, 0.29) is 16.8 Å². The fraction of sp³-hybridized carbons (Fsp3) is 0.0455. The third kappa shape index (κ3) is 5.97. The lowest BCUT2D eigenvalue weighted by Gasteiger charge is -2.09. The van der Waals surface area contributed by atoms with Crippen molar-refractivity contribution in [2.75, 3.05) is 11.1 Å². The van der Waals surface area contributed by atoms with Crippen molar-refractivity contribution < 1.29 is 9.21 Å². The molecule has 1 amide bonds. The number of anilines is 1. The average molecular weight is 580 g/mol. The van der Waals surface area contributed by atoms with Crippen LogP contribution in [0.3, 0.4) is 0 Å². The fourth-order valence-corrected chi connectivity index (χ4v) is 4.14. The Morgan fingerprint density at radius 1 is 1.10 bits per heavy atom. The molecule has 4 aromatic rings. The van der Waals surface area contributed by atoms with Gasteiger partial charge in [-0.15, -0.1) is 11.8 Å². The summed E-state index contributed by atoms with van der Waals surface area (Å²) in [5.41, 5.74) is 3.00. The molecular formula is C22H15ClIN3O2S2. The number of rotatable bonds is 5. The van der Waals surface area contributed by atoms with E-state index in [0.717, 1.165) is 14.0 Å². The van der Waals surface area contributed by atoms with E-state index in [1.807, 2.05) is 54.6 Å². The maximum absolute atomic E-state index is 12.2. The van der Waals surface area contributed by atoms with Crippen LogP contribution in [0.2, 0.25) is 5.02 Å². The molecule has 1 aromatic heterocycles. The van der Waals surface area contributed by atoms with E-state index in [1.54, 1.807) is 12.1 Å². The van der Waals surface area contributed by atoms with Gasteiger partial charge in [0.25, 0.3) is 0 Å². The highest BCUT2D eigenvalue weighted by Gasteiger charge is 2.10. The van der Waals surface area contributed by atoms with Gasteiger partial charge in [-0.05, 0) is 102 Å². The van der Waals surface area contributed by atoms with E-state index in [0.29, 0.717) is 27.7 Å².